The third-order valence-electron chi connectivity index (χ3n) is 2.99. The first-order chi connectivity index (χ1) is 8.65. The van der Waals surface area contributed by atoms with E-state index in [0.717, 1.165) is 12.2 Å². The molecule has 18 heavy (non-hydrogen) atoms. The van der Waals surface area contributed by atoms with Gasteiger partial charge in [-0.25, -0.2) is 0 Å². The van der Waals surface area contributed by atoms with Gasteiger partial charge in [-0.05, 0) is 42.7 Å². The van der Waals surface area contributed by atoms with Crippen molar-refractivity contribution in [1.82, 2.24) is 0 Å². The van der Waals surface area contributed by atoms with Crippen molar-refractivity contribution in [3.63, 3.8) is 0 Å². The number of hydrogen-bond acceptors (Lipinski definition) is 2. The zero-order valence-electron chi connectivity index (χ0n) is 10.9. The lowest BCUT2D eigenvalue weighted by atomic mass is 10.1. The third kappa shape index (κ3) is 2.78. The van der Waals surface area contributed by atoms with Gasteiger partial charge in [0.1, 0.15) is 5.75 Å². The molecular formula is C15H17BrOS. The van der Waals surface area contributed by atoms with Crippen molar-refractivity contribution in [1.29, 1.82) is 0 Å². The molecule has 1 unspecified atom stereocenters. The Morgan fingerprint density at radius 2 is 2.06 bits per heavy atom. The lowest BCUT2D eigenvalue weighted by molar-refractivity contribution is 0.411. The summed E-state index contributed by atoms with van der Waals surface area (Å²) in [7, 11) is 1.71. The van der Waals surface area contributed by atoms with Gasteiger partial charge in [-0.3, -0.25) is 0 Å². The van der Waals surface area contributed by atoms with Gasteiger partial charge in [0.15, 0.2) is 0 Å². The molecule has 0 amide bonds. The van der Waals surface area contributed by atoms with Crippen LogP contribution in [0.3, 0.4) is 0 Å². The fraction of sp³-hybridized carbons (Fsp3) is 0.333. The first-order valence-electron chi connectivity index (χ1n) is 6.03. The highest BCUT2D eigenvalue weighted by atomic mass is 79.9. The molecule has 1 heterocycles. The summed E-state index contributed by atoms with van der Waals surface area (Å²) in [4.78, 5) is 3.06. The number of aryl methyl sites for hydroxylation is 2. The number of methoxy groups -OCH3 is 1. The SMILES string of the molecule is CCc1ccc(C(Br)c2ccc(OC)c(C)c2)s1. The van der Waals surface area contributed by atoms with Crippen molar-refractivity contribution in [2.45, 2.75) is 25.1 Å². The molecule has 0 spiro atoms. The predicted molar refractivity (Wildman–Crippen MR) is 82.2 cm³/mol. The Labute approximate surface area is 121 Å². The number of ether oxygens (including phenoxy) is 1. The zero-order valence-corrected chi connectivity index (χ0v) is 13.3. The number of thiophene rings is 1. The molecule has 0 fully saturated rings. The van der Waals surface area contributed by atoms with E-state index in [1.807, 2.05) is 17.4 Å². The topological polar surface area (TPSA) is 9.23 Å². The minimum atomic E-state index is 0.271. The molecule has 1 atom stereocenters. The van der Waals surface area contributed by atoms with Crippen LogP contribution < -0.4 is 4.74 Å². The molecule has 1 aromatic carbocycles. The van der Waals surface area contributed by atoms with Crippen molar-refractivity contribution in [2.24, 2.45) is 0 Å². The molecule has 0 aliphatic heterocycles. The molecule has 2 aromatic rings. The first-order valence-corrected chi connectivity index (χ1v) is 7.76. The molecule has 2 rings (SSSR count). The van der Waals surface area contributed by atoms with Crippen molar-refractivity contribution < 1.29 is 4.74 Å². The van der Waals surface area contributed by atoms with Crippen LogP contribution in [0.4, 0.5) is 0 Å². The molecule has 96 valence electrons. The van der Waals surface area contributed by atoms with Crippen LogP contribution in [-0.4, -0.2) is 7.11 Å². The molecule has 1 nitrogen and oxygen atoms in total. The Morgan fingerprint density at radius 1 is 1.28 bits per heavy atom. The number of benzene rings is 1. The van der Waals surface area contributed by atoms with Gasteiger partial charge >= 0.3 is 0 Å². The molecule has 0 aliphatic carbocycles. The maximum absolute atomic E-state index is 5.29. The molecule has 0 saturated heterocycles. The summed E-state index contributed by atoms with van der Waals surface area (Å²) in [5, 5.41) is 0. The molecule has 0 bridgehead atoms. The van der Waals surface area contributed by atoms with E-state index in [9.17, 15) is 0 Å². The fourth-order valence-corrected chi connectivity index (χ4v) is 3.62. The smallest absolute Gasteiger partial charge is 0.121 e. The van der Waals surface area contributed by atoms with Gasteiger partial charge in [0.25, 0.3) is 0 Å². The molecule has 0 saturated carbocycles. The standard InChI is InChI=1S/C15H17BrOS/c1-4-12-6-8-14(18-12)15(16)11-5-7-13(17-3)10(2)9-11/h5-9,15H,4H2,1-3H3. The van der Waals surface area contributed by atoms with E-state index in [-0.39, 0.29) is 4.83 Å². The molecule has 0 radical (unpaired) electrons. The van der Waals surface area contributed by atoms with Crippen molar-refractivity contribution in [3.05, 3.63) is 51.2 Å². The van der Waals surface area contributed by atoms with Crippen molar-refractivity contribution >= 4 is 27.3 Å². The van der Waals surface area contributed by atoms with Gasteiger partial charge in [-0.1, -0.05) is 35.0 Å². The number of alkyl halides is 1. The average Bonchev–Trinajstić information content (AvgIpc) is 2.86. The van der Waals surface area contributed by atoms with Gasteiger partial charge in [-0.15, -0.1) is 11.3 Å². The highest BCUT2D eigenvalue weighted by molar-refractivity contribution is 9.09. The van der Waals surface area contributed by atoms with Crippen molar-refractivity contribution in [2.75, 3.05) is 7.11 Å². The minimum absolute atomic E-state index is 0.271. The first kappa shape index (κ1) is 13.6. The Balaban J connectivity index is 2.27. The molecule has 3 heteroatoms. The number of rotatable bonds is 4. The molecule has 0 N–H and O–H groups in total. The summed E-state index contributed by atoms with van der Waals surface area (Å²) in [5.41, 5.74) is 2.45. The van der Waals surface area contributed by atoms with Crippen LogP contribution >= 0.6 is 27.3 Å². The van der Waals surface area contributed by atoms with E-state index in [0.29, 0.717) is 0 Å². The molecular weight excluding hydrogens is 308 g/mol. The van der Waals surface area contributed by atoms with Crippen LogP contribution in [0.15, 0.2) is 30.3 Å². The Morgan fingerprint density at radius 3 is 2.61 bits per heavy atom. The van der Waals surface area contributed by atoms with Crippen LogP contribution in [0.1, 0.15) is 32.6 Å². The summed E-state index contributed by atoms with van der Waals surface area (Å²) in [6, 6.07) is 10.8. The van der Waals surface area contributed by atoms with E-state index in [4.69, 9.17) is 4.74 Å². The van der Waals surface area contributed by atoms with Gasteiger partial charge in [0, 0.05) is 9.75 Å². The highest BCUT2D eigenvalue weighted by Gasteiger charge is 2.13. The lowest BCUT2D eigenvalue weighted by Gasteiger charge is -2.11. The summed E-state index contributed by atoms with van der Waals surface area (Å²) in [6.07, 6.45) is 1.10. The van der Waals surface area contributed by atoms with Crippen LogP contribution in [0.5, 0.6) is 5.75 Å². The van der Waals surface area contributed by atoms with E-state index in [1.54, 1.807) is 7.11 Å². The number of halogens is 1. The van der Waals surface area contributed by atoms with Gasteiger partial charge in [0.05, 0.1) is 11.9 Å². The van der Waals surface area contributed by atoms with E-state index < -0.39 is 0 Å². The Bertz CT molecular complexity index is 533. The zero-order chi connectivity index (χ0) is 13.1. The average molecular weight is 325 g/mol. The van der Waals surface area contributed by atoms with E-state index in [2.05, 4.69) is 54.0 Å². The van der Waals surface area contributed by atoms with Crippen LogP contribution in [0.25, 0.3) is 0 Å². The van der Waals surface area contributed by atoms with Gasteiger partial charge in [0.2, 0.25) is 0 Å². The second kappa shape index (κ2) is 5.89. The van der Waals surface area contributed by atoms with Crippen LogP contribution in [0.2, 0.25) is 0 Å². The third-order valence-corrected chi connectivity index (χ3v) is 5.61. The summed E-state index contributed by atoms with van der Waals surface area (Å²) < 4.78 is 5.29. The quantitative estimate of drug-likeness (QED) is 0.710. The molecule has 1 aromatic heterocycles. The monoisotopic (exact) mass is 324 g/mol. The van der Waals surface area contributed by atoms with Crippen LogP contribution in [0, 0.1) is 6.92 Å². The summed E-state index contributed by atoms with van der Waals surface area (Å²) in [5.74, 6) is 0.943. The second-order valence-electron chi connectivity index (χ2n) is 4.25. The van der Waals surface area contributed by atoms with Gasteiger partial charge in [-0.2, -0.15) is 0 Å². The lowest BCUT2D eigenvalue weighted by Crippen LogP contribution is -1.93. The largest absolute Gasteiger partial charge is 0.496 e. The summed E-state index contributed by atoms with van der Waals surface area (Å²) >= 11 is 5.66. The maximum atomic E-state index is 5.29. The fourth-order valence-electron chi connectivity index (χ4n) is 1.94. The molecule has 0 aliphatic rings. The van der Waals surface area contributed by atoms with E-state index in [1.165, 1.54) is 20.9 Å². The Hall–Kier alpha value is -0.800. The summed E-state index contributed by atoms with van der Waals surface area (Å²) in [6.45, 7) is 4.27. The van der Waals surface area contributed by atoms with E-state index >= 15 is 0 Å². The minimum Gasteiger partial charge on any atom is -0.496 e. The second-order valence-corrected chi connectivity index (χ2v) is 6.36. The van der Waals surface area contributed by atoms with Crippen LogP contribution in [-0.2, 0) is 6.42 Å². The van der Waals surface area contributed by atoms with Crippen molar-refractivity contribution in [3.8, 4) is 5.75 Å². The highest BCUT2D eigenvalue weighted by Crippen LogP contribution is 2.36. The normalized spacial score (nSPS) is 12.4. The maximum Gasteiger partial charge on any atom is 0.121 e. The Kier molecular flexibility index (Phi) is 4.46. The number of hydrogen-bond donors (Lipinski definition) is 0. The van der Waals surface area contributed by atoms with Gasteiger partial charge < -0.3 is 4.74 Å². The predicted octanol–water partition coefficient (Wildman–Crippen LogP) is 5.11.